The van der Waals surface area contributed by atoms with Gasteiger partial charge in [-0.15, -0.1) is 0 Å². The molecular formula is C16H21NO2. The summed E-state index contributed by atoms with van der Waals surface area (Å²) in [6.45, 7) is 6.91. The number of aliphatic hydroxyl groups excluding tert-OH is 1. The largest absolute Gasteiger partial charge is 0.384 e. The molecule has 0 atom stereocenters. The molecule has 0 bridgehead atoms. The number of aliphatic hydroxyl groups is 1. The molecular weight excluding hydrogens is 238 g/mol. The number of carbonyl (C=O) groups excluding carboxylic acids is 1. The molecule has 0 saturated carbocycles. The minimum atomic E-state index is -0.179. The third-order valence-electron chi connectivity index (χ3n) is 2.60. The van der Waals surface area contributed by atoms with Crippen molar-refractivity contribution < 1.29 is 9.90 Å². The van der Waals surface area contributed by atoms with Crippen molar-refractivity contribution in [1.82, 2.24) is 5.32 Å². The van der Waals surface area contributed by atoms with E-state index in [-0.39, 0.29) is 17.9 Å². The number of hydrogen-bond acceptors (Lipinski definition) is 2. The summed E-state index contributed by atoms with van der Waals surface area (Å²) in [4.78, 5) is 11.9. The first-order chi connectivity index (χ1) is 8.92. The predicted molar refractivity (Wildman–Crippen MR) is 76.8 cm³/mol. The van der Waals surface area contributed by atoms with E-state index in [0.29, 0.717) is 12.1 Å². The van der Waals surface area contributed by atoms with Gasteiger partial charge in [-0.1, -0.05) is 38.7 Å². The van der Waals surface area contributed by atoms with Crippen LogP contribution in [0.4, 0.5) is 0 Å². The van der Waals surface area contributed by atoms with Crippen molar-refractivity contribution in [3.8, 4) is 11.8 Å². The minimum Gasteiger partial charge on any atom is -0.384 e. The van der Waals surface area contributed by atoms with Gasteiger partial charge in [0.05, 0.1) is 0 Å². The lowest BCUT2D eigenvalue weighted by Crippen LogP contribution is -2.27. The maximum absolute atomic E-state index is 11.9. The summed E-state index contributed by atoms with van der Waals surface area (Å²) < 4.78 is 0. The Morgan fingerprint density at radius 2 is 2.11 bits per heavy atom. The standard InChI is InChI=1S/C16H21NO2/c1-16(2,3)9-10-17-15(19)14-8-4-6-13(12-14)7-5-11-18/h4,6,8,12,18H,9-11H2,1-3H3,(H,17,19). The summed E-state index contributed by atoms with van der Waals surface area (Å²) in [7, 11) is 0. The topological polar surface area (TPSA) is 49.3 Å². The number of benzene rings is 1. The number of rotatable bonds is 3. The molecule has 19 heavy (non-hydrogen) atoms. The van der Waals surface area contributed by atoms with Crippen LogP contribution < -0.4 is 5.32 Å². The maximum atomic E-state index is 11.9. The average Bonchev–Trinajstić information content (AvgIpc) is 2.35. The average molecular weight is 259 g/mol. The highest BCUT2D eigenvalue weighted by Gasteiger charge is 2.11. The van der Waals surface area contributed by atoms with Crippen molar-refractivity contribution in [2.45, 2.75) is 27.2 Å². The van der Waals surface area contributed by atoms with E-state index in [1.165, 1.54) is 0 Å². The molecule has 1 rings (SSSR count). The first kappa shape index (κ1) is 15.3. The van der Waals surface area contributed by atoms with Crippen LogP contribution in [-0.2, 0) is 0 Å². The molecule has 1 aromatic rings. The van der Waals surface area contributed by atoms with Crippen LogP contribution >= 0.6 is 0 Å². The Kier molecular flexibility index (Phi) is 5.59. The zero-order valence-corrected chi connectivity index (χ0v) is 11.8. The molecule has 0 aliphatic carbocycles. The maximum Gasteiger partial charge on any atom is 0.251 e. The molecule has 1 aromatic carbocycles. The second-order valence-corrected chi connectivity index (χ2v) is 5.61. The van der Waals surface area contributed by atoms with Gasteiger partial charge in [-0.25, -0.2) is 0 Å². The van der Waals surface area contributed by atoms with Gasteiger partial charge in [0.15, 0.2) is 0 Å². The zero-order chi connectivity index (χ0) is 14.3. The highest BCUT2D eigenvalue weighted by Crippen LogP contribution is 2.17. The van der Waals surface area contributed by atoms with E-state index in [2.05, 4.69) is 37.9 Å². The Hall–Kier alpha value is -1.79. The molecule has 3 nitrogen and oxygen atoms in total. The van der Waals surface area contributed by atoms with Crippen molar-refractivity contribution in [2.75, 3.05) is 13.2 Å². The Labute approximate surface area is 115 Å². The number of carbonyl (C=O) groups is 1. The first-order valence-electron chi connectivity index (χ1n) is 6.40. The quantitative estimate of drug-likeness (QED) is 0.818. The van der Waals surface area contributed by atoms with Crippen LogP contribution in [0.15, 0.2) is 24.3 Å². The normalized spacial score (nSPS) is 10.5. The fraction of sp³-hybridized carbons (Fsp3) is 0.438. The third kappa shape index (κ3) is 6.08. The SMILES string of the molecule is CC(C)(C)CCNC(=O)c1cccc(C#CCO)c1. The highest BCUT2D eigenvalue weighted by molar-refractivity contribution is 5.94. The van der Waals surface area contributed by atoms with Crippen molar-refractivity contribution in [3.05, 3.63) is 35.4 Å². The van der Waals surface area contributed by atoms with Crippen LogP contribution in [0.3, 0.4) is 0 Å². The molecule has 0 radical (unpaired) electrons. The van der Waals surface area contributed by atoms with Gasteiger partial charge in [-0.3, -0.25) is 4.79 Å². The van der Waals surface area contributed by atoms with Gasteiger partial charge in [0, 0.05) is 17.7 Å². The summed E-state index contributed by atoms with van der Waals surface area (Å²) >= 11 is 0. The molecule has 0 unspecified atom stereocenters. The van der Waals surface area contributed by atoms with Crippen molar-refractivity contribution in [1.29, 1.82) is 0 Å². The number of nitrogens with one attached hydrogen (secondary N) is 1. The monoisotopic (exact) mass is 259 g/mol. The number of hydrogen-bond donors (Lipinski definition) is 2. The summed E-state index contributed by atoms with van der Waals surface area (Å²) in [5.74, 6) is 5.27. The van der Waals surface area contributed by atoms with Gasteiger partial charge in [-0.2, -0.15) is 0 Å². The van der Waals surface area contributed by atoms with Gasteiger partial charge >= 0.3 is 0 Å². The molecule has 1 amide bonds. The summed E-state index contributed by atoms with van der Waals surface area (Å²) in [6.07, 6.45) is 0.933. The van der Waals surface area contributed by atoms with Crippen molar-refractivity contribution in [2.24, 2.45) is 5.41 Å². The van der Waals surface area contributed by atoms with Crippen LogP contribution in [0, 0.1) is 17.3 Å². The van der Waals surface area contributed by atoms with Crippen LogP contribution in [-0.4, -0.2) is 24.2 Å². The van der Waals surface area contributed by atoms with E-state index in [1.807, 2.05) is 6.07 Å². The zero-order valence-electron chi connectivity index (χ0n) is 11.8. The highest BCUT2D eigenvalue weighted by atomic mass is 16.2. The van der Waals surface area contributed by atoms with Crippen LogP contribution in [0.5, 0.6) is 0 Å². The lowest BCUT2D eigenvalue weighted by atomic mass is 9.92. The van der Waals surface area contributed by atoms with Crippen LogP contribution in [0.2, 0.25) is 0 Å². The summed E-state index contributed by atoms with van der Waals surface area (Å²) in [5.41, 5.74) is 1.54. The van der Waals surface area contributed by atoms with Gasteiger partial charge in [0.2, 0.25) is 0 Å². The smallest absolute Gasteiger partial charge is 0.251 e. The Bertz CT molecular complexity index is 489. The third-order valence-corrected chi connectivity index (χ3v) is 2.60. The molecule has 0 aliphatic rings. The summed E-state index contributed by atoms with van der Waals surface area (Å²) in [5, 5.41) is 11.5. The molecule has 2 N–H and O–H groups in total. The van der Waals surface area contributed by atoms with E-state index in [1.54, 1.807) is 18.2 Å². The molecule has 0 aromatic heterocycles. The minimum absolute atomic E-state index is 0.0862. The Morgan fingerprint density at radius 1 is 1.37 bits per heavy atom. The van der Waals surface area contributed by atoms with E-state index in [4.69, 9.17) is 5.11 Å². The van der Waals surface area contributed by atoms with Crippen molar-refractivity contribution >= 4 is 5.91 Å². The van der Waals surface area contributed by atoms with Crippen LogP contribution in [0.1, 0.15) is 43.1 Å². The van der Waals surface area contributed by atoms with E-state index < -0.39 is 0 Å². The second kappa shape index (κ2) is 6.96. The Morgan fingerprint density at radius 3 is 2.74 bits per heavy atom. The number of amides is 1. The molecule has 0 aliphatic heterocycles. The lowest BCUT2D eigenvalue weighted by Gasteiger charge is -2.18. The fourth-order valence-corrected chi connectivity index (χ4v) is 1.53. The predicted octanol–water partition coefficient (Wildman–Crippen LogP) is 2.20. The first-order valence-corrected chi connectivity index (χ1v) is 6.40. The molecule has 0 fully saturated rings. The van der Waals surface area contributed by atoms with Crippen LogP contribution in [0.25, 0.3) is 0 Å². The Balaban J connectivity index is 2.62. The van der Waals surface area contributed by atoms with E-state index in [9.17, 15) is 4.79 Å². The van der Waals surface area contributed by atoms with Gasteiger partial charge < -0.3 is 10.4 Å². The molecule has 0 spiro atoms. The molecule has 0 heterocycles. The van der Waals surface area contributed by atoms with Gasteiger partial charge in [-0.05, 0) is 30.0 Å². The lowest BCUT2D eigenvalue weighted by molar-refractivity contribution is 0.0949. The molecule has 102 valence electrons. The summed E-state index contributed by atoms with van der Waals surface area (Å²) in [6, 6.07) is 7.10. The fourth-order valence-electron chi connectivity index (χ4n) is 1.53. The van der Waals surface area contributed by atoms with E-state index in [0.717, 1.165) is 12.0 Å². The second-order valence-electron chi connectivity index (χ2n) is 5.61. The van der Waals surface area contributed by atoms with Crippen molar-refractivity contribution in [3.63, 3.8) is 0 Å². The van der Waals surface area contributed by atoms with Gasteiger partial charge in [0.25, 0.3) is 5.91 Å². The molecule has 0 saturated heterocycles. The molecule has 3 heteroatoms. The van der Waals surface area contributed by atoms with E-state index >= 15 is 0 Å². The van der Waals surface area contributed by atoms with Gasteiger partial charge in [0.1, 0.15) is 6.61 Å².